The van der Waals surface area contributed by atoms with Crippen molar-refractivity contribution in [3.63, 3.8) is 0 Å². The maximum Gasteiger partial charge on any atom is 0.472 e. The minimum absolute atomic E-state index is 0.154. The number of allylic oxidation sites excluding steroid dienone is 10. The van der Waals surface area contributed by atoms with E-state index in [4.69, 9.17) is 23.3 Å². The molecule has 0 fully saturated rings. The van der Waals surface area contributed by atoms with Gasteiger partial charge < -0.3 is 24.2 Å². The van der Waals surface area contributed by atoms with Crippen molar-refractivity contribution in [1.29, 1.82) is 0 Å². The minimum Gasteiger partial charge on any atom is -0.462 e. The SMILES string of the molecule is CC/C=C\C/C=C\C/C=C\CCCCCCCCCC(=O)OC(COC(=O)CCCCCCC/C=C\CCCCCC)COP(=O)(O)OCC(CO)OC(=O)CCCCCCC/C=C\CCCCCCCC. The average molecular weight is 1040 g/mol. The standard InChI is InChI=1S/C60H107O11P/c1-4-7-10-13-16-19-22-25-27-28-30-33-36-39-42-45-48-51-60(64)71-57(53-67-58(62)49-46-43-40-37-34-31-24-21-18-15-12-9-6-3)55-69-72(65,66)68-54-56(52-61)70-59(63)50-47-44-41-38-35-32-29-26-23-20-17-14-11-8-5-2/h7,10,16,19,21,24-27,29,56-57,61H,4-6,8-9,11-15,17-18,20,22-23,28,30-55H2,1-3H3,(H,65,66)/b10-7-,19-16-,24-21-,27-25-,29-26-. The van der Waals surface area contributed by atoms with Crippen LogP contribution in [-0.2, 0) is 42.2 Å². The molecule has 0 saturated carbocycles. The summed E-state index contributed by atoms with van der Waals surface area (Å²) in [5.41, 5.74) is 0. The average Bonchev–Trinajstić information content (AvgIpc) is 3.37. The molecule has 3 atom stereocenters. The van der Waals surface area contributed by atoms with E-state index in [0.717, 1.165) is 135 Å². The van der Waals surface area contributed by atoms with Gasteiger partial charge in [0.25, 0.3) is 0 Å². The van der Waals surface area contributed by atoms with Gasteiger partial charge in [-0.1, -0.05) is 204 Å². The maximum atomic E-state index is 12.9. The predicted molar refractivity (Wildman–Crippen MR) is 298 cm³/mol. The Hall–Kier alpha value is -2.82. The Balaban J connectivity index is 4.73. The van der Waals surface area contributed by atoms with Crippen LogP contribution in [0.1, 0.15) is 265 Å². The third-order valence-corrected chi connectivity index (χ3v) is 13.3. The zero-order valence-electron chi connectivity index (χ0n) is 46.1. The summed E-state index contributed by atoms with van der Waals surface area (Å²) in [7, 11) is -4.75. The number of aliphatic hydroxyl groups excluding tert-OH is 1. The molecule has 0 aromatic rings. The molecule has 0 saturated heterocycles. The summed E-state index contributed by atoms with van der Waals surface area (Å²) in [6.07, 6.45) is 58.9. The van der Waals surface area contributed by atoms with Crippen LogP contribution >= 0.6 is 7.82 Å². The fraction of sp³-hybridized carbons (Fsp3) is 0.783. The summed E-state index contributed by atoms with van der Waals surface area (Å²) in [4.78, 5) is 48.5. The summed E-state index contributed by atoms with van der Waals surface area (Å²) < 4.78 is 39.5. The highest BCUT2D eigenvalue weighted by atomic mass is 31.2. The van der Waals surface area contributed by atoms with Crippen molar-refractivity contribution < 1.29 is 52.2 Å². The molecule has 0 bridgehead atoms. The number of carbonyl (C=O) groups is 3. The van der Waals surface area contributed by atoms with Crippen molar-refractivity contribution in [1.82, 2.24) is 0 Å². The normalized spacial score (nSPS) is 13.8. The van der Waals surface area contributed by atoms with Crippen LogP contribution in [0.5, 0.6) is 0 Å². The summed E-state index contributed by atoms with van der Waals surface area (Å²) in [5.74, 6) is -1.49. The smallest absolute Gasteiger partial charge is 0.462 e. The van der Waals surface area contributed by atoms with Gasteiger partial charge in [0.05, 0.1) is 19.8 Å². The largest absolute Gasteiger partial charge is 0.472 e. The number of rotatable bonds is 54. The lowest BCUT2D eigenvalue weighted by Gasteiger charge is -2.21. The minimum atomic E-state index is -4.75. The fourth-order valence-corrected chi connectivity index (χ4v) is 8.73. The van der Waals surface area contributed by atoms with Crippen molar-refractivity contribution in [3.8, 4) is 0 Å². The number of esters is 3. The lowest BCUT2D eigenvalue weighted by atomic mass is 10.1. The van der Waals surface area contributed by atoms with Crippen LogP contribution in [0.2, 0.25) is 0 Å². The van der Waals surface area contributed by atoms with E-state index in [1.807, 2.05) is 0 Å². The van der Waals surface area contributed by atoms with Crippen molar-refractivity contribution in [2.75, 3.05) is 26.4 Å². The zero-order chi connectivity index (χ0) is 52.7. The van der Waals surface area contributed by atoms with Crippen molar-refractivity contribution in [2.45, 2.75) is 277 Å². The Morgan fingerprint density at radius 1 is 0.403 bits per heavy atom. The first kappa shape index (κ1) is 69.2. The first-order chi connectivity index (χ1) is 35.2. The molecule has 0 aliphatic heterocycles. The molecule has 418 valence electrons. The second-order valence-corrected chi connectivity index (χ2v) is 20.9. The Labute approximate surface area is 440 Å². The van der Waals surface area contributed by atoms with Gasteiger partial charge in [-0.2, -0.15) is 0 Å². The molecular weight excluding hydrogens is 928 g/mol. The fourth-order valence-electron chi connectivity index (χ4n) is 7.95. The van der Waals surface area contributed by atoms with E-state index in [1.54, 1.807) is 0 Å². The van der Waals surface area contributed by atoms with E-state index in [2.05, 4.69) is 81.5 Å². The van der Waals surface area contributed by atoms with Crippen LogP contribution in [0.15, 0.2) is 60.8 Å². The number of ether oxygens (including phenoxy) is 3. The zero-order valence-corrected chi connectivity index (χ0v) is 47.0. The van der Waals surface area contributed by atoms with E-state index >= 15 is 0 Å². The Morgan fingerprint density at radius 3 is 1.14 bits per heavy atom. The van der Waals surface area contributed by atoms with Gasteiger partial charge in [0.15, 0.2) is 6.10 Å². The molecular formula is C60H107O11P. The third kappa shape index (κ3) is 52.1. The number of aliphatic hydroxyl groups is 1. The van der Waals surface area contributed by atoms with E-state index in [-0.39, 0.29) is 25.9 Å². The molecule has 0 aromatic heterocycles. The Kier molecular flexibility index (Phi) is 52.3. The summed E-state index contributed by atoms with van der Waals surface area (Å²) in [5, 5.41) is 9.81. The lowest BCUT2D eigenvalue weighted by molar-refractivity contribution is -0.161. The molecule has 0 aliphatic rings. The monoisotopic (exact) mass is 1030 g/mol. The number of unbranched alkanes of at least 4 members (excludes halogenated alkanes) is 27. The molecule has 3 unspecified atom stereocenters. The quantitative estimate of drug-likeness (QED) is 0.0197. The Morgan fingerprint density at radius 2 is 0.722 bits per heavy atom. The highest BCUT2D eigenvalue weighted by molar-refractivity contribution is 7.47. The topological polar surface area (TPSA) is 155 Å². The number of phosphoric acid groups is 1. The Bertz CT molecular complexity index is 1440. The molecule has 0 aliphatic carbocycles. The van der Waals surface area contributed by atoms with Crippen molar-refractivity contribution in [2.24, 2.45) is 0 Å². The third-order valence-electron chi connectivity index (χ3n) is 12.4. The second-order valence-electron chi connectivity index (χ2n) is 19.4. The molecule has 0 radical (unpaired) electrons. The second kappa shape index (κ2) is 54.4. The molecule has 0 aromatic carbocycles. The van der Waals surface area contributed by atoms with Gasteiger partial charge in [-0.3, -0.25) is 23.4 Å². The lowest BCUT2D eigenvalue weighted by Crippen LogP contribution is -2.30. The molecule has 0 rings (SSSR count). The maximum absolute atomic E-state index is 12.9. The van der Waals surface area contributed by atoms with Crippen molar-refractivity contribution >= 4 is 25.7 Å². The van der Waals surface area contributed by atoms with E-state index < -0.39 is 57.8 Å². The number of phosphoric ester groups is 1. The van der Waals surface area contributed by atoms with Crippen LogP contribution in [-0.4, -0.2) is 66.5 Å². The van der Waals surface area contributed by atoms with Crippen LogP contribution in [0, 0.1) is 0 Å². The van der Waals surface area contributed by atoms with Crippen LogP contribution < -0.4 is 0 Å². The molecule has 12 heteroatoms. The van der Waals surface area contributed by atoms with Crippen LogP contribution in [0.3, 0.4) is 0 Å². The van der Waals surface area contributed by atoms with E-state index in [9.17, 15) is 28.9 Å². The van der Waals surface area contributed by atoms with E-state index in [1.165, 1.54) is 70.6 Å². The number of hydrogen-bond donors (Lipinski definition) is 2. The highest BCUT2D eigenvalue weighted by Gasteiger charge is 2.28. The van der Waals surface area contributed by atoms with E-state index in [0.29, 0.717) is 19.3 Å². The highest BCUT2D eigenvalue weighted by Crippen LogP contribution is 2.43. The van der Waals surface area contributed by atoms with Crippen LogP contribution in [0.4, 0.5) is 0 Å². The predicted octanol–water partition coefficient (Wildman–Crippen LogP) is 17.1. The van der Waals surface area contributed by atoms with Gasteiger partial charge in [-0.15, -0.1) is 0 Å². The molecule has 0 amide bonds. The van der Waals surface area contributed by atoms with Gasteiger partial charge in [0.2, 0.25) is 0 Å². The number of hydrogen-bond acceptors (Lipinski definition) is 10. The van der Waals surface area contributed by atoms with Crippen LogP contribution in [0.25, 0.3) is 0 Å². The van der Waals surface area contributed by atoms with Gasteiger partial charge in [-0.05, 0) is 103 Å². The van der Waals surface area contributed by atoms with Gasteiger partial charge >= 0.3 is 25.7 Å². The van der Waals surface area contributed by atoms with Gasteiger partial charge in [0, 0.05) is 19.3 Å². The van der Waals surface area contributed by atoms with Crippen molar-refractivity contribution in [3.05, 3.63) is 60.8 Å². The molecule has 2 N–H and O–H groups in total. The molecule has 72 heavy (non-hydrogen) atoms. The first-order valence-corrected chi connectivity index (χ1v) is 30.7. The molecule has 0 heterocycles. The number of carbonyl (C=O) groups excluding carboxylic acids is 3. The van der Waals surface area contributed by atoms with Gasteiger partial charge in [-0.25, -0.2) is 4.57 Å². The summed E-state index contributed by atoms with van der Waals surface area (Å²) >= 11 is 0. The molecule has 0 spiro atoms. The summed E-state index contributed by atoms with van der Waals surface area (Å²) in [6.45, 7) is 4.50. The van der Waals surface area contributed by atoms with Gasteiger partial charge in [0.1, 0.15) is 12.7 Å². The first-order valence-electron chi connectivity index (χ1n) is 29.2. The molecule has 11 nitrogen and oxygen atoms in total. The summed E-state index contributed by atoms with van der Waals surface area (Å²) in [6, 6.07) is 0.